The predicted molar refractivity (Wildman–Crippen MR) is 110 cm³/mol. The van der Waals surface area contributed by atoms with Gasteiger partial charge in [0, 0.05) is 45.3 Å². The Morgan fingerprint density at radius 1 is 1.00 bits per heavy atom. The molecule has 10 heteroatoms. The van der Waals surface area contributed by atoms with Crippen molar-refractivity contribution in [2.45, 2.75) is 11.8 Å². The molecule has 30 heavy (non-hydrogen) atoms. The molecule has 0 unspecified atom stereocenters. The van der Waals surface area contributed by atoms with Crippen LogP contribution in [0.15, 0.2) is 35.2 Å². The van der Waals surface area contributed by atoms with E-state index >= 15 is 0 Å². The molecular weight excluding hydrogens is 410 g/mol. The van der Waals surface area contributed by atoms with Crippen molar-refractivity contribution >= 4 is 28.1 Å². The maximum absolute atomic E-state index is 12.6. The Morgan fingerprint density at radius 2 is 1.60 bits per heavy atom. The zero-order valence-electron chi connectivity index (χ0n) is 17.0. The molecule has 2 saturated heterocycles. The van der Waals surface area contributed by atoms with Gasteiger partial charge in [-0.15, -0.1) is 0 Å². The molecule has 0 N–H and O–H groups in total. The average molecular weight is 438 g/mol. The molecule has 164 valence electrons. The minimum absolute atomic E-state index is 0.150. The molecule has 2 fully saturated rings. The van der Waals surface area contributed by atoms with Gasteiger partial charge in [0.2, 0.25) is 15.9 Å². The molecule has 0 saturated carbocycles. The quantitative estimate of drug-likeness (QED) is 0.638. The molecule has 2 amide bonds. The van der Waals surface area contributed by atoms with Crippen molar-refractivity contribution < 1.29 is 27.5 Å². The summed E-state index contributed by atoms with van der Waals surface area (Å²) in [7, 11) is -3.53. The largest absolute Gasteiger partial charge is 0.450 e. The first kappa shape index (κ1) is 22.3. The van der Waals surface area contributed by atoms with Crippen molar-refractivity contribution in [3.8, 4) is 0 Å². The van der Waals surface area contributed by atoms with Gasteiger partial charge in [-0.1, -0.05) is 12.1 Å². The van der Waals surface area contributed by atoms with E-state index in [1.54, 1.807) is 47.1 Å². The van der Waals surface area contributed by atoms with Gasteiger partial charge >= 0.3 is 6.09 Å². The highest BCUT2D eigenvalue weighted by molar-refractivity contribution is 7.89. The van der Waals surface area contributed by atoms with E-state index in [4.69, 9.17) is 9.47 Å². The number of hydrogen-bond acceptors (Lipinski definition) is 6. The topological polar surface area (TPSA) is 96.5 Å². The molecule has 0 aliphatic carbocycles. The fourth-order valence-electron chi connectivity index (χ4n) is 3.28. The van der Waals surface area contributed by atoms with Crippen molar-refractivity contribution in [3.05, 3.63) is 35.9 Å². The standard InChI is InChI=1S/C20H27N3O6S/c1-2-29-20(25)22-11-9-21(10-12-22)19(24)8-5-17-3-6-18(7-4-17)30(26,27)23-13-15-28-16-14-23/h3-8H,2,9-16H2,1H3. The smallest absolute Gasteiger partial charge is 0.409 e. The molecule has 0 radical (unpaired) electrons. The lowest BCUT2D eigenvalue weighted by atomic mass is 10.2. The summed E-state index contributed by atoms with van der Waals surface area (Å²) >= 11 is 0. The Morgan fingerprint density at radius 3 is 2.20 bits per heavy atom. The average Bonchev–Trinajstić information content (AvgIpc) is 2.78. The molecule has 2 heterocycles. The molecular formula is C20H27N3O6S. The summed E-state index contributed by atoms with van der Waals surface area (Å²) in [6, 6.07) is 6.45. The summed E-state index contributed by atoms with van der Waals surface area (Å²) < 4.78 is 36.9. The van der Waals surface area contributed by atoms with Crippen LogP contribution in [-0.2, 0) is 24.3 Å². The van der Waals surface area contributed by atoms with Crippen molar-refractivity contribution in [2.24, 2.45) is 0 Å². The third kappa shape index (κ3) is 5.38. The first-order valence-electron chi connectivity index (χ1n) is 9.98. The number of piperazine rings is 1. The third-order valence-electron chi connectivity index (χ3n) is 5.02. The number of ether oxygens (including phenoxy) is 2. The first-order valence-corrected chi connectivity index (χ1v) is 11.4. The van der Waals surface area contributed by atoms with Crippen LogP contribution in [0.1, 0.15) is 12.5 Å². The van der Waals surface area contributed by atoms with Crippen molar-refractivity contribution in [1.82, 2.24) is 14.1 Å². The number of hydrogen-bond donors (Lipinski definition) is 0. The lowest BCUT2D eigenvalue weighted by Crippen LogP contribution is -2.50. The second-order valence-electron chi connectivity index (χ2n) is 6.93. The molecule has 0 atom stereocenters. The first-order chi connectivity index (χ1) is 14.4. The number of amides is 2. The number of benzene rings is 1. The monoisotopic (exact) mass is 437 g/mol. The van der Waals surface area contributed by atoms with E-state index in [1.165, 1.54) is 10.4 Å². The van der Waals surface area contributed by atoms with Gasteiger partial charge in [0.1, 0.15) is 0 Å². The normalized spacial score (nSPS) is 18.6. The maximum atomic E-state index is 12.6. The van der Waals surface area contributed by atoms with E-state index in [2.05, 4.69) is 0 Å². The van der Waals surface area contributed by atoms with Crippen LogP contribution in [-0.4, -0.2) is 93.6 Å². The summed E-state index contributed by atoms with van der Waals surface area (Å²) in [6.07, 6.45) is 2.77. The van der Waals surface area contributed by atoms with Crippen molar-refractivity contribution in [3.63, 3.8) is 0 Å². The molecule has 9 nitrogen and oxygen atoms in total. The van der Waals surface area contributed by atoms with Crippen molar-refractivity contribution in [1.29, 1.82) is 0 Å². The molecule has 0 aromatic heterocycles. The minimum Gasteiger partial charge on any atom is -0.450 e. The van der Waals surface area contributed by atoms with E-state index in [9.17, 15) is 18.0 Å². The molecule has 3 rings (SSSR count). The lowest BCUT2D eigenvalue weighted by molar-refractivity contribution is -0.127. The third-order valence-corrected chi connectivity index (χ3v) is 6.94. The van der Waals surface area contributed by atoms with E-state index < -0.39 is 10.0 Å². The van der Waals surface area contributed by atoms with Gasteiger partial charge in [0.25, 0.3) is 0 Å². The second-order valence-corrected chi connectivity index (χ2v) is 8.87. The highest BCUT2D eigenvalue weighted by atomic mass is 32.2. The van der Waals surface area contributed by atoms with Gasteiger partial charge in [0.15, 0.2) is 0 Å². The van der Waals surface area contributed by atoms with Gasteiger partial charge in [-0.2, -0.15) is 4.31 Å². The van der Waals surface area contributed by atoms with E-state index in [0.29, 0.717) is 59.1 Å². The van der Waals surface area contributed by atoms with Gasteiger partial charge in [0.05, 0.1) is 24.7 Å². The van der Waals surface area contributed by atoms with Gasteiger partial charge in [-0.25, -0.2) is 13.2 Å². The predicted octanol–water partition coefficient (Wildman–Crippen LogP) is 1.02. The van der Waals surface area contributed by atoms with Crippen LogP contribution in [0.5, 0.6) is 0 Å². The molecule has 2 aliphatic heterocycles. The van der Waals surface area contributed by atoms with Crippen LogP contribution in [0.4, 0.5) is 4.79 Å². The van der Waals surface area contributed by atoms with E-state index in [-0.39, 0.29) is 16.9 Å². The number of sulfonamides is 1. The fourth-order valence-corrected chi connectivity index (χ4v) is 4.69. The fraction of sp³-hybridized carbons (Fsp3) is 0.500. The van der Waals surface area contributed by atoms with Crippen LogP contribution >= 0.6 is 0 Å². The molecule has 1 aromatic carbocycles. The summed E-state index contributed by atoms with van der Waals surface area (Å²) in [5, 5.41) is 0. The second kappa shape index (κ2) is 10.1. The maximum Gasteiger partial charge on any atom is 0.409 e. The van der Waals surface area contributed by atoms with Gasteiger partial charge in [-0.3, -0.25) is 4.79 Å². The Bertz CT molecular complexity index is 870. The number of carbonyl (C=O) groups excluding carboxylic acids is 2. The van der Waals surface area contributed by atoms with Crippen LogP contribution < -0.4 is 0 Å². The van der Waals surface area contributed by atoms with E-state index in [0.717, 1.165) is 5.56 Å². The Balaban J connectivity index is 1.55. The van der Waals surface area contributed by atoms with Crippen molar-refractivity contribution in [2.75, 3.05) is 59.1 Å². The number of carbonyl (C=O) groups is 2. The van der Waals surface area contributed by atoms with Gasteiger partial charge < -0.3 is 19.3 Å². The van der Waals surface area contributed by atoms with Crippen LogP contribution in [0.3, 0.4) is 0 Å². The minimum atomic E-state index is -3.53. The number of nitrogens with zero attached hydrogens (tertiary/aromatic N) is 3. The highest BCUT2D eigenvalue weighted by Crippen LogP contribution is 2.18. The van der Waals surface area contributed by atoms with Crippen LogP contribution in [0, 0.1) is 0 Å². The summed E-state index contributed by atoms with van der Waals surface area (Å²) in [5.41, 5.74) is 0.731. The summed E-state index contributed by atoms with van der Waals surface area (Å²) in [6.45, 7) is 5.34. The Labute approximate surface area is 176 Å². The van der Waals surface area contributed by atoms with Gasteiger partial charge in [-0.05, 0) is 30.7 Å². The number of morpholine rings is 1. The number of rotatable bonds is 5. The SMILES string of the molecule is CCOC(=O)N1CCN(C(=O)C=Cc2ccc(S(=O)(=O)N3CCOCC3)cc2)CC1. The van der Waals surface area contributed by atoms with Crippen LogP contribution in [0.25, 0.3) is 6.08 Å². The zero-order chi connectivity index (χ0) is 21.6. The highest BCUT2D eigenvalue weighted by Gasteiger charge is 2.26. The Hall–Kier alpha value is -2.43. The van der Waals surface area contributed by atoms with E-state index in [1.807, 2.05) is 0 Å². The Kier molecular flexibility index (Phi) is 7.46. The molecule has 1 aromatic rings. The molecule has 2 aliphatic rings. The lowest BCUT2D eigenvalue weighted by Gasteiger charge is -2.33. The zero-order valence-corrected chi connectivity index (χ0v) is 17.8. The van der Waals surface area contributed by atoms with Crippen LogP contribution in [0.2, 0.25) is 0 Å². The molecule has 0 bridgehead atoms. The summed E-state index contributed by atoms with van der Waals surface area (Å²) in [4.78, 5) is 27.6. The summed E-state index contributed by atoms with van der Waals surface area (Å²) in [5.74, 6) is -0.150. The molecule has 0 spiro atoms.